The number of aryl methyl sites for hydroxylation is 1. The maximum absolute atomic E-state index is 5.47. The van der Waals surface area contributed by atoms with Gasteiger partial charge in [0.1, 0.15) is 5.52 Å². The number of aromatic nitrogens is 4. The lowest BCUT2D eigenvalue weighted by atomic mass is 10.1. The molecule has 1 saturated heterocycles. The number of rotatable bonds is 3. The van der Waals surface area contributed by atoms with E-state index in [1.807, 2.05) is 17.7 Å². The van der Waals surface area contributed by atoms with Gasteiger partial charge in [0, 0.05) is 39.8 Å². The lowest BCUT2D eigenvalue weighted by molar-refractivity contribution is 0.174. The van der Waals surface area contributed by atoms with Gasteiger partial charge in [-0.15, -0.1) is 0 Å². The summed E-state index contributed by atoms with van der Waals surface area (Å²) >= 11 is 0. The van der Waals surface area contributed by atoms with Gasteiger partial charge in [-0.25, -0.2) is 9.97 Å². The first-order chi connectivity index (χ1) is 12.8. The van der Waals surface area contributed by atoms with E-state index < -0.39 is 0 Å². The summed E-state index contributed by atoms with van der Waals surface area (Å²) in [4.78, 5) is 18.1. The normalized spacial score (nSPS) is 17.2. The number of fused-ring (bicyclic) bond motifs is 2. The van der Waals surface area contributed by atoms with Crippen molar-refractivity contribution in [1.29, 1.82) is 0 Å². The summed E-state index contributed by atoms with van der Waals surface area (Å²) in [6, 6.07) is 6.18. The lowest BCUT2D eigenvalue weighted by Crippen LogP contribution is -2.46. The third-order valence-electron chi connectivity index (χ3n) is 4.94. The van der Waals surface area contributed by atoms with Crippen molar-refractivity contribution < 1.29 is 9.47 Å². The predicted molar refractivity (Wildman–Crippen MR) is 96.4 cm³/mol. The van der Waals surface area contributed by atoms with E-state index in [9.17, 15) is 0 Å². The Bertz CT molecular complexity index is 948. The van der Waals surface area contributed by atoms with Crippen LogP contribution in [0.5, 0.6) is 11.5 Å². The second kappa shape index (κ2) is 6.14. The average Bonchev–Trinajstić information content (AvgIpc) is 3.28. The molecule has 4 heterocycles. The number of nitrogens with zero attached hydrogens (tertiary/aromatic N) is 6. The molecular formula is C18H20N6O2. The Balaban J connectivity index is 1.24. The van der Waals surface area contributed by atoms with Crippen LogP contribution in [0.15, 0.2) is 30.7 Å². The molecule has 1 aromatic carbocycles. The molecule has 1 fully saturated rings. The number of imidazole rings is 1. The minimum absolute atomic E-state index is 0.318. The minimum Gasteiger partial charge on any atom is -0.454 e. The second-order valence-electron chi connectivity index (χ2n) is 6.69. The molecule has 0 atom stereocenters. The fourth-order valence-corrected chi connectivity index (χ4v) is 3.47. The maximum Gasteiger partial charge on any atom is 0.231 e. The van der Waals surface area contributed by atoms with Gasteiger partial charge in [0.05, 0.1) is 12.5 Å². The van der Waals surface area contributed by atoms with Gasteiger partial charge in [0.2, 0.25) is 12.7 Å². The summed E-state index contributed by atoms with van der Waals surface area (Å²) in [7, 11) is 1.95. The lowest BCUT2D eigenvalue weighted by Gasteiger charge is -2.34. The van der Waals surface area contributed by atoms with Crippen LogP contribution in [-0.4, -0.2) is 57.4 Å². The molecule has 0 spiro atoms. The van der Waals surface area contributed by atoms with Gasteiger partial charge in [0.25, 0.3) is 0 Å². The van der Waals surface area contributed by atoms with Crippen LogP contribution >= 0.6 is 0 Å². The van der Waals surface area contributed by atoms with Gasteiger partial charge in [-0.05, 0) is 17.7 Å². The monoisotopic (exact) mass is 352 g/mol. The van der Waals surface area contributed by atoms with Crippen LogP contribution in [0.2, 0.25) is 0 Å². The largest absolute Gasteiger partial charge is 0.454 e. The molecule has 26 heavy (non-hydrogen) atoms. The molecule has 0 amide bonds. The zero-order valence-electron chi connectivity index (χ0n) is 14.6. The van der Waals surface area contributed by atoms with Crippen molar-refractivity contribution in [2.45, 2.75) is 6.54 Å². The molecule has 0 N–H and O–H groups in total. The van der Waals surface area contributed by atoms with E-state index in [-0.39, 0.29) is 0 Å². The van der Waals surface area contributed by atoms with Crippen molar-refractivity contribution in [3.8, 4) is 11.5 Å². The average molecular weight is 352 g/mol. The SMILES string of the molecule is Cn1cnc2cnc(N3CCN(Cc4ccc5c(c4)OCO5)CC3)nc21. The van der Waals surface area contributed by atoms with E-state index in [1.54, 1.807) is 12.5 Å². The Morgan fingerprint density at radius 2 is 1.88 bits per heavy atom. The fourth-order valence-electron chi connectivity index (χ4n) is 3.47. The molecule has 134 valence electrons. The van der Waals surface area contributed by atoms with Crippen molar-refractivity contribution in [3.63, 3.8) is 0 Å². The molecule has 8 heteroatoms. The van der Waals surface area contributed by atoms with Gasteiger partial charge < -0.3 is 18.9 Å². The first-order valence-electron chi connectivity index (χ1n) is 8.76. The molecule has 2 aliphatic rings. The Morgan fingerprint density at radius 3 is 2.77 bits per heavy atom. The number of anilines is 1. The molecule has 2 aromatic heterocycles. The van der Waals surface area contributed by atoms with Gasteiger partial charge in [-0.3, -0.25) is 4.90 Å². The van der Waals surface area contributed by atoms with Crippen LogP contribution in [0.1, 0.15) is 5.56 Å². The van der Waals surface area contributed by atoms with Crippen molar-refractivity contribution in [2.24, 2.45) is 7.05 Å². The van der Waals surface area contributed by atoms with Crippen molar-refractivity contribution >= 4 is 17.1 Å². The number of benzene rings is 1. The Labute approximate surface area is 151 Å². The zero-order valence-corrected chi connectivity index (χ0v) is 14.6. The topological polar surface area (TPSA) is 68.5 Å². The highest BCUT2D eigenvalue weighted by Gasteiger charge is 2.21. The van der Waals surface area contributed by atoms with Gasteiger partial charge in [-0.1, -0.05) is 6.07 Å². The molecule has 2 aliphatic heterocycles. The highest BCUT2D eigenvalue weighted by Crippen LogP contribution is 2.32. The Hall–Kier alpha value is -2.87. The van der Waals surface area contributed by atoms with E-state index in [4.69, 9.17) is 9.47 Å². The highest BCUT2D eigenvalue weighted by atomic mass is 16.7. The van der Waals surface area contributed by atoms with Crippen molar-refractivity contribution in [3.05, 3.63) is 36.3 Å². The fraction of sp³-hybridized carbons (Fsp3) is 0.389. The molecule has 0 radical (unpaired) electrons. The minimum atomic E-state index is 0.318. The summed E-state index contributed by atoms with van der Waals surface area (Å²) in [6.07, 6.45) is 3.57. The standard InChI is InChI=1S/C18H20N6O2/c1-22-11-20-14-9-19-18(21-17(14)22)24-6-4-23(5-7-24)10-13-2-3-15-16(8-13)26-12-25-15/h2-3,8-9,11H,4-7,10,12H2,1H3. The van der Waals surface area contributed by atoms with Gasteiger partial charge in [0.15, 0.2) is 17.1 Å². The van der Waals surface area contributed by atoms with Crippen LogP contribution in [0, 0.1) is 0 Å². The van der Waals surface area contributed by atoms with Crippen LogP contribution in [-0.2, 0) is 13.6 Å². The highest BCUT2D eigenvalue weighted by molar-refractivity contribution is 5.70. The first-order valence-corrected chi connectivity index (χ1v) is 8.76. The number of hydrogen-bond donors (Lipinski definition) is 0. The van der Waals surface area contributed by atoms with Gasteiger partial charge >= 0.3 is 0 Å². The molecule has 0 unspecified atom stereocenters. The third kappa shape index (κ3) is 2.72. The molecule has 0 aliphatic carbocycles. The molecule has 8 nitrogen and oxygen atoms in total. The van der Waals surface area contributed by atoms with Crippen molar-refractivity contribution in [1.82, 2.24) is 24.4 Å². The number of piperazine rings is 1. The second-order valence-corrected chi connectivity index (χ2v) is 6.69. The molecular weight excluding hydrogens is 332 g/mol. The van der Waals surface area contributed by atoms with Gasteiger partial charge in [-0.2, -0.15) is 4.98 Å². The molecule has 0 bridgehead atoms. The summed E-state index contributed by atoms with van der Waals surface area (Å²) in [5.74, 6) is 2.46. The van der Waals surface area contributed by atoms with E-state index in [1.165, 1.54) is 5.56 Å². The summed E-state index contributed by atoms with van der Waals surface area (Å²) < 4.78 is 12.8. The summed E-state index contributed by atoms with van der Waals surface area (Å²) in [5.41, 5.74) is 2.95. The first kappa shape index (κ1) is 15.4. The molecule has 5 rings (SSSR count). The predicted octanol–water partition coefficient (Wildman–Crippen LogP) is 1.41. The van der Waals surface area contributed by atoms with Crippen LogP contribution < -0.4 is 14.4 Å². The molecule has 0 saturated carbocycles. The van der Waals surface area contributed by atoms with E-state index in [2.05, 4.69) is 36.9 Å². The molecule has 3 aromatic rings. The van der Waals surface area contributed by atoms with E-state index in [0.29, 0.717) is 6.79 Å². The van der Waals surface area contributed by atoms with Crippen LogP contribution in [0.3, 0.4) is 0 Å². The zero-order chi connectivity index (χ0) is 17.5. The number of ether oxygens (including phenoxy) is 2. The number of hydrogen-bond acceptors (Lipinski definition) is 7. The van der Waals surface area contributed by atoms with Crippen molar-refractivity contribution in [2.75, 3.05) is 37.9 Å². The smallest absolute Gasteiger partial charge is 0.231 e. The summed E-state index contributed by atoms with van der Waals surface area (Å²) in [5, 5.41) is 0. The van der Waals surface area contributed by atoms with E-state index >= 15 is 0 Å². The third-order valence-corrected chi connectivity index (χ3v) is 4.94. The quantitative estimate of drug-likeness (QED) is 0.706. The Morgan fingerprint density at radius 1 is 1.04 bits per heavy atom. The summed E-state index contributed by atoms with van der Waals surface area (Å²) in [6.45, 7) is 4.99. The Kier molecular flexibility index (Phi) is 3.63. The van der Waals surface area contributed by atoms with E-state index in [0.717, 1.165) is 61.3 Å². The maximum atomic E-state index is 5.47. The van der Waals surface area contributed by atoms with Crippen LogP contribution in [0.25, 0.3) is 11.2 Å². The van der Waals surface area contributed by atoms with Crippen LogP contribution in [0.4, 0.5) is 5.95 Å².